The van der Waals surface area contributed by atoms with Crippen LogP contribution in [0.4, 0.5) is 0 Å². The maximum Gasteiger partial charge on any atom is 0.226 e. The molecule has 0 aliphatic rings. The number of hydrogen-bond donors (Lipinski definition) is 0. The van der Waals surface area contributed by atoms with Crippen molar-refractivity contribution in [1.29, 1.82) is 0 Å². The fraction of sp³-hybridized carbons (Fsp3) is 0. The second kappa shape index (κ2) is 11.6. The van der Waals surface area contributed by atoms with Crippen molar-refractivity contribution in [2.45, 2.75) is 0 Å². The molecule has 0 aliphatic heterocycles. The first kappa shape index (κ1) is 28.1. The average molecular weight is 635 g/mol. The van der Waals surface area contributed by atoms with Gasteiger partial charge >= 0.3 is 0 Å². The summed E-state index contributed by atoms with van der Waals surface area (Å²) in [4.78, 5) is 14.0. The predicted octanol–water partition coefficient (Wildman–Crippen LogP) is 11.4. The number of hydrogen-bond acceptors (Lipinski definition) is 3. The van der Waals surface area contributed by atoms with E-state index in [9.17, 15) is 0 Å². The van der Waals surface area contributed by atoms with Crippen molar-refractivity contribution in [1.82, 2.24) is 19.5 Å². The van der Waals surface area contributed by atoms with Crippen molar-refractivity contribution in [3.63, 3.8) is 0 Å². The summed E-state index contributed by atoms with van der Waals surface area (Å²) in [6, 6.07) is 57.2. The standard InChI is InChI=1S/C43H27ClN4/c44-43-46-41(30-21-19-29(20-22-30)28-11-3-1-4-12-28)45-42(47-43)37-25-24-33(34-15-7-8-16-35(34)37)31-23-26-40-38(27-31)36-17-9-10-18-39(36)48(40)32-13-5-2-6-14-32/h1-27H. The van der Waals surface area contributed by atoms with Crippen molar-refractivity contribution in [3.05, 3.63) is 169 Å². The van der Waals surface area contributed by atoms with E-state index in [0.717, 1.165) is 49.8 Å². The molecule has 9 aromatic rings. The quantitative estimate of drug-likeness (QED) is 0.189. The molecule has 0 aliphatic carbocycles. The summed E-state index contributed by atoms with van der Waals surface area (Å²) in [5.74, 6) is 1.08. The zero-order chi connectivity index (χ0) is 32.0. The largest absolute Gasteiger partial charge is 0.309 e. The summed E-state index contributed by atoms with van der Waals surface area (Å²) in [6.07, 6.45) is 0. The highest BCUT2D eigenvalue weighted by atomic mass is 35.5. The highest BCUT2D eigenvalue weighted by molar-refractivity contribution is 6.28. The van der Waals surface area contributed by atoms with E-state index in [1.807, 2.05) is 30.3 Å². The number of aromatic nitrogens is 4. The molecule has 0 atom stereocenters. The number of benzene rings is 7. The second-order valence-electron chi connectivity index (χ2n) is 11.8. The Morgan fingerprint density at radius 2 is 0.917 bits per heavy atom. The van der Waals surface area contributed by atoms with Crippen LogP contribution in [0.2, 0.25) is 5.28 Å². The normalized spacial score (nSPS) is 11.4. The van der Waals surface area contributed by atoms with Gasteiger partial charge in [-0.25, -0.2) is 4.98 Å². The fourth-order valence-corrected chi connectivity index (χ4v) is 6.94. The van der Waals surface area contributed by atoms with E-state index in [2.05, 4.69) is 148 Å². The lowest BCUT2D eigenvalue weighted by atomic mass is 9.94. The summed E-state index contributed by atoms with van der Waals surface area (Å²) < 4.78 is 2.34. The van der Waals surface area contributed by atoms with Crippen LogP contribution < -0.4 is 0 Å². The van der Waals surface area contributed by atoms with Gasteiger partial charge < -0.3 is 4.57 Å². The molecule has 5 heteroatoms. The average Bonchev–Trinajstić information content (AvgIpc) is 3.48. The maximum atomic E-state index is 6.54. The van der Waals surface area contributed by atoms with Gasteiger partial charge in [0.2, 0.25) is 5.28 Å². The molecule has 0 radical (unpaired) electrons. The fourth-order valence-electron chi connectivity index (χ4n) is 6.78. The highest BCUT2D eigenvalue weighted by Gasteiger charge is 2.17. The Kier molecular flexibility index (Phi) is 6.81. The monoisotopic (exact) mass is 634 g/mol. The van der Waals surface area contributed by atoms with Crippen molar-refractivity contribution in [2.24, 2.45) is 0 Å². The summed E-state index contributed by atoms with van der Waals surface area (Å²) >= 11 is 6.54. The van der Waals surface area contributed by atoms with E-state index in [1.54, 1.807) is 0 Å². The molecule has 0 unspecified atom stereocenters. The molecule has 48 heavy (non-hydrogen) atoms. The Bertz CT molecular complexity index is 2610. The third kappa shape index (κ3) is 4.82. The molecule has 0 fully saturated rings. The molecule has 7 aromatic carbocycles. The van der Waals surface area contributed by atoms with Gasteiger partial charge in [-0.2, -0.15) is 9.97 Å². The molecule has 0 bridgehead atoms. The minimum atomic E-state index is 0.163. The van der Waals surface area contributed by atoms with Crippen LogP contribution in [0.1, 0.15) is 0 Å². The number of halogens is 1. The SMILES string of the molecule is Clc1nc(-c2ccc(-c3ccccc3)cc2)nc(-c2ccc(-c3ccc4c(c3)c3ccccc3n4-c3ccccc3)c3ccccc23)n1. The lowest BCUT2D eigenvalue weighted by Crippen LogP contribution is -1.98. The molecule has 2 heterocycles. The lowest BCUT2D eigenvalue weighted by Gasteiger charge is -2.13. The summed E-state index contributed by atoms with van der Waals surface area (Å²) in [5.41, 5.74) is 9.87. The van der Waals surface area contributed by atoms with Gasteiger partial charge in [-0.3, -0.25) is 0 Å². The Morgan fingerprint density at radius 1 is 0.375 bits per heavy atom. The molecule has 0 saturated heterocycles. The lowest BCUT2D eigenvalue weighted by molar-refractivity contribution is 1.07. The van der Waals surface area contributed by atoms with Gasteiger partial charge in [0.1, 0.15) is 0 Å². The first-order valence-electron chi connectivity index (χ1n) is 15.9. The van der Waals surface area contributed by atoms with Crippen molar-refractivity contribution in [3.8, 4) is 50.7 Å². The Balaban J connectivity index is 1.15. The number of fused-ring (bicyclic) bond motifs is 4. The second-order valence-corrected chi connectivity index (χ2v) is 12.2. The number of rotatable bonds is 5. The maximum absolute atomic E-state index is 6.54. The Labute approximate surface area is 282 Å². The van der Waals surface area contributed by atoms with Crippen LogP contribution in [0.5, 0.6) is 0 Å². The minimum Gasteiger partial charge on any atom is -0.309 e. The predicted molar refractivity (Wildman–Crippen MR) is 198 cm³/mol. The minimum absolute atomic E-state index is 0.163. The molecule has 0 amide bonds. The third-order valence-electron chi connectivity index (χ3n) is 9.02. The van der Waals surface area contributed by atoms with Gasteiger partial charge in [0.15, 0.2) is 11.6 Å². The molecular weight excluding hydrogens is 608 g/mol. The van der Waals surface area contributed by atoms with Gasteiger partial charge in [-0.1, -0.05) is 127 Å². The van der Waals surface area contributed by atoms with E-state index in [4.69, 9.17) is 16.6 Å². The van der Waals surface area contributed by atoms with Crippen molar-refractivity contribution in [2.75, 3.05) is 0 Å². The first-order chi connectivity index (χ1) is 23.7. The van der Waals surface area contributed by atoms with E-state index in [-0.39, 0.29) is 5.28 Å². The molecule has 4 nitrogen and oxygen atoms in total. The zero-order valence-corrected chi connectivity index (χ0v) is 26.5. The number of nitrogens with zero attached hydrogens (tertiary/aromatic N) is 4. The van der Waals surface area contributed by atoms with Crippen molar-refractivity contribution < 1.29 is 0 Å². The van der Waals surface area contributed by atoms with Gasteiger partial charge in [-0.15, -0.1) is 0 Å². The summed E-state index contributed by atoms with van der Waals surface area (Å²) in [5, 5.41) is 4.77. The van der Waals surface area contributed by atoms with Gasteiger partial charge in [0.25, 0.3) is 0 Å². The van der Waals surface area contributed by atoms with Gasteiger partial charge in [0.05, 0.1) is 11.0 Å². The third-order valence-corrected chi connectivity index (χ3v) is 9.19. The molecule has 226 valence electrons. The molecule has 0 N–H and O–H groups in total. The van der Waals surface area contributed by atoms with Crippen molar-refractivity contribution >= 4 is 44.2 Å². The first-order valence-corrected chi connectivity index (χ1v) is 16.3. The van der Waals surface area contributed by atoms with E-state index in [0.29, 0.717) is 11.6 Å². The van der Waals surface area contributed by atoms with Crippen LogP contribution in [0.25, 0.3) is 83.3 Å². The molecule has 0 saturated carbocycles. The Hall–Kier alpha value is -6.10. The molecular formula is C43H27ClN4. The topological polar surface area (TPSA) is 43.6 Å². The van der Waals surface area contributed by atoms with E-state index in [1.165, 1.54) is 21.8 Å². The van der Waals surface area contributed by atoms with Gasteiger partial charge in [0, 0.05) is 27.6 Å². The van der Waals surface area contributed by atoms with Crippen LogP contribution in [0, 0.1) is 0 Å². The number of para-hydroxylation sites is 2. The van der Waals surface area contributed by atoms with Crippen LogP contribution in [0.3, 0.4) is 0 Å². The van der Waals surface area contributed by atoms with Crippen LogP contribution in [-0.2, 0) is 0 Å². The van der Waals surface area contributed by atoms with Gasteiger partial charge in [-0.05, 0) is 81.0 Å². The zero-order valence-electron chi connectivity index (χ0n) is 25.8. The summed E-state index contributed by atoms with van der Waals surface area (Å²) in [7, 11) is 0. The van der Waals surface area contributed by atoms with Crippen LogP contribution >= 0.6 is 11.6 Å². The summed E-state index contributed by atoms with van der Waals surface area (Å²) in [6.45, 7) is 0. The van der Waals surface area contributed by atoms with Crippen LogP contribution in [0.15, 0.2) is 164 Å². The molecule has 2 aromatic heterocycles. The smallest absolute Gasteiger partial charge is 0.226 e. The van der Waals surface area contributed by atoms with Crippen LogP contribution in [-0.4, -0.2) is 19.5 Å². The Morgan fingerprint density at radius 3 is 1.69 bits per heavy atom. The molecule has 0 spiro atoms. The molecule has 9 rings (SSSR count). The van der Waals surface area contributed by atoms with E-state index < -0.39 is 0 Å². The highest BCUT2D eigenvalue weighted by Crippen LogP contribution is 2.39. The van der Waals surface area contributed by atoms with E-state index >= 15 is 0 Å².